The first-order valence-corrected chi connectivity index (χ1v) is 14.4. The number of aliphatic imine (C=N–C) groups is 1. The summed E-state index contributed by atoms with van der Waals surface area (Å²) in [6.07, 6.45) is 8.43. The Morgan fingerprint density at radius 1 is 1.17 bits per heavy atom. The van der Waals surface area contributed by atoms with Crippen LogP contribution in [0.3, 0.4) is 0 Å². The van der Waals surface area contributed by atoms with Crippen LogP contribution in [0, 0.1) is 12.0 Å². The zero-order chi connectivity index (χ0) is 26.1. The molecular formula is C28H36N4O3S. The van der Waals surface area contributed by atoms with Gasteiger partial charge in [-0.25, -0.2) is 8.42 Å². The summed E-state index contributed by atoms with van der Waals surface area (Å²) in [4.78, 5) is 22.6. The number of carbonyl (C=O) groups is 1. The lowest BCUT2D eigenvalue weighted by molar-refractivity contribution is -0.110. The van der Waals surface area contributed by atoms with Crippen LogP contribution in [-0.2, 0) is 20.0 Å². The van der Waals surface area contributed by atoms with Gasteiger partial charge in [-0.15, -0.1) is 4.99 Å². The van der Waals surface area contributed by atoms with Gasteiger partial charge in [0.25, 0.3) is 11.7 Å². The summed E-state index contributed by atoms with van der Waals surface area (Å²) >= 11 is 0. The van der Waals surface area contributed by atoms with E-state index in [2.05, 4.69) is 46.0 Å². The number of hydrogen-bond acceptors (Lipinski definition) is 5. The Hall–Kier alpha value is -2.76. The molecule has 192 valence electrons. The number of carbonyl (C=O) groups excluding carboxylic acids is 1. The summed E-state index contributed by atoms with van der Waals surface area (Å²) in [6, 6.07) is 6.19. The van der Waals surface area contributed by atoms with Crippen molar-refractivity contribution in [2.75, 3.05) is 37.5 Å². The second kappa shape index (κ2) is 9.95. The van der Waals surface area contributed by atoms with E-state index in [1.54, 1.807) is 6.08 Å². The summed E-state index contributed by atoms with van der Waals surface area (Å²) in [5.74, 6) is 0.358. The molecule has 1 fully saturated rings. The van der Waals surface area contributed by atoms with Gasteiger partial charge in [0.2, 0.25) is 0 Å². The van der Waals surface area contributed by atoms with Gasteiger partial charge < -0.3 is 15.1 Å². The number of sulfone groups is 1. The molecule has 2 aliphatic heterocycles. The molecule has 1 amide bonds. The zero-order valence-electron chi connectivity index (χ0n) is 21.7. The maximum atomic E-state index is 13.0. The fraction of sp³-hybridized carbons (Fsp3) is 0.536. The summed E-state index contributed by atoms with van der Waals surface area (Å²) in [6.45, 7) is 12.4. The molecule has 7 nitrogen and oxygen atoms in total. The Labute approximate surface area is 215 Å². The highest BCUT2D eigenvalue weighted by atomic mass is 32.2. The number of benzene rings is 1. The van der Waals surface area contributed by atoms with Crippen molar-refractivity contribution in [2.45, 2.75) is 57.8 Å². The predicted octanol–water partition coefficient (Wildman–Crippen LogP) is 4.83. The van der Waals surface area contributed by atoms with Crippen molar-refractivity contribution < 1.29 is 13.2 Å². The summed E-state index contributed by atoms with van der Waals surface area (Å²) in [7, 11) is 1.05. The van der Waals surface area contributed by atoms with Gasteiger partial charge in [0.05, 0.1) is 11.5 Å². The highest BCUT2D eigenvalue weighted by molar-refractivity contribution is 7.91. The Kier molecular flexibility index (Phi) is 7.27. The molecule has 1 aromatic rings. The second-order valence-corrected chi connectivity index (χ2v) is 13.7. The van der Waals surface area contributed by atoms with Gasteiger partial charge in [0, 0.05) is 29.6 Å². The monoisotopic (exact) mass is 508 g/mol. The highest BCUT2D eigenvalue weighted by Crippen LogP contribution is 2.43. The lowest BCUT2D eigenvalue weighted by Gasteiger charge is -2.40. The molecule has 1 saturated heterocycles. The van der Waals surface area contributed by atoms with Crippen molar-refractivity contribution in [1.82, 2.24) is 4.90 Å². The van der Waals surface area contributed by atoms with E-state index < -0.39 is 9.84 Å². The van der Waals surface area contributed by atoms with E-state index in [1.165, 1.54) is 5.57 Å². The van der Waals surface area contributed by atoms with Gasteiger partial charge in [-0.1, -0.05) is 38.6 Å². The van der Waals surface area contributed by atoms with E-state index in [1.807, 2.05) is 26.2 Å². The number of allylic oxidation sites excluding steroid dienone is 3. The molecule has 0 saturated carbocycles. The molecule has 2 heterocycles. The number of hydrogen-bond donors (Lipinski definition) is 1. The van der Waals surface area contributed by atoms with Crippen LogP contribution in [0.1, 0.15) is 63.5 Å². The summed E-state index contributed by atoms with van der Waals surface area (Å²) < 4.78 is 24.5. The highest BCUT2D eigenvalue weighted by Gasteiger charge is 2.40. The molecular weight excluding hydrogens is 472 g/mol. The van der Waals surface area contributed by atoms with E-state index >= 15 is 0 Å². The molecule has 0 aromatic heterocycles. The van der Waals surface area contributed by atoms with Crippen molar-refractivity contribution in [3.63, 3.8) is 0 Å². The van der Waals surface area contributed by atoms with Gasteiger partial charge in [-0.2, -0.15) is 0 Å². The molecule has 0 radical (unpaired) electrons. The number of anilines is 1. The minimum Gasteiger partial charge on any atom is -0.361 e. The average molecular weight is 509 g/mol. The van der Waals surface area contributed by atoms with Gasteiger partial charge in [0.15, 0.2) is 5.71 Å². The molecule has 3 aliphatic rings. The molecule has 36 heavy (non-hydrogen) atoms. The topological polar surface area (TPSA) is 83.2 Å². The fourth-order valence-corrected chi connectivity index (χ4v) is 7.08. The molecule has 0 spiro atoms. The van der Waals surface area contributed by atoms with E-state index in [4.69, 9.17) is 6.57 Å². The van der Waals surface area contributed by atoms with Crippen molar-refractivity contribution in [2.24, 2.45) is 10.4 Å². The minimum atomic E-state index is -3.01. The van der Waals surface area contributed by atoms with Crippen LogP contribution in [0.15, 0.2) is 41.2 Å². The van der Waals surface area contributed by atoms with Crippen LogP contribution in [0.5, 0.6) is 0 Å². The van der Waals surface area contributed by atoms with E-state index in [0.29, 0.717) is 25.0 Å². The van der Waals surface area contributed by atoms with Crippen LogP contribution in [0.25, 0.3) is 10.4 Å². The molecule has 0 unspecified atom stereocenters. The number of likely N-dealkylation sites (N-methyl/N-ethyl adjacent to an activating group) is 1. The Morgan fingerprint density at radius 2 is 1.89 bits per heavy atom. The maximum absolute atomic E-state index is 13.0. The third-order valence-electron chi connectivity index (χ3n) is 7.70. The van der Waals surface area contributed by atoms with Gasteiger partial charge in [-0.05, 0) is 74.9 Å². The molecule has 1 aliphatic carbocycles. The van der Waals surface area contributed by atoms with Crippen molar-refractivity contribution in [1.29, 1.82) is 0 Å². The number of rotatable bonds is 6. The lowest BCUT2D eigenvalue weighted by atomic mass is 9.73. The van der Waals surface area contributed by atoms with Crippen LogP contribution in [-0.4, -0.2) is 57.1 Å². The number of nitrogens with zero attached hydrogens (tertiary/aromatic N) is 3. The largest absolute Gasteiger partial charge is 0.361 e. The first kappa shape index (κ1) is 26.3. The zero-order valence-corrected chi connectivity index (χ0v) is 22.5. The Bertz CT molecular complexity index is 1280. The van der Waals surface area contributed by atoms with E-state index in [-0.39, 0.29) is 34.1 Å². The third kappa shape index (κ3) is 5.79. The molecule has 0 atom stereocenters. The summed E-state index contributed by atoms with van der Waals surface area (Å²) in [5, 5.41) is 3.06. The van der Waals surface area contributed by atoms with Crippen molar-refractivity contribution >= 4 is 32.7 Å². The average Bonchev–Trinajstić information content (AvgIpc) is 3.30. The fourth-order valence-electron chi connectivity index (χ4n) is 5.47. The van der Waals surface area contributed by atoms with Crippen molar-refractivity contribution in [3.8, 4) is 0 Å². The first-order valence-electron chi connectivity index (χ1n) is 12.6. The number of amides is 1. The lowest BCUT2D eigenvalue weighted by Crippen LogP contribution is -2.44. The van der Waals surface area contributed by atoms with Crippen LogP contribution in [0.2, 0.25) is 0 Å². The molecule has 8 heteroatoms. The van der Waals surface area contributed by atoms with E-state index in [0.717, 1.165) is 42.6 Å². The van der Waals surface area contributed by atoms with Gasteiger partial charge in [-0.3, -0.25) is 4.79 Å². The van der Waals surface area contributed by atoms with Crippen molar-refractivity contribution in [3.05, 3.63) is 58.7 Å². The van der Waals surface area contributed by atoms with Crippen LogP contribution >= 0.6 is 0 Å². The van der Waals surface area contributed by atoms with Gasteiger partial charge in [0.1, 0.15) is 9.84 Å². The van der Waals surface area contributed by atoms with E-state index in [9.17, 15) is 13.2 Å². The third-order valence-corrected chi connectivity index (χ3v) is 9.36. The van der Waals surface area contributed by atoms with Crippen LogP contribution < -0.4 is 5.32 Å². The predicted molar refractivity (Wildman–Crippen MR) is 146 cm³/mol. The first-order chi connectivity index (χ1) is 16.9. The molecule has 0 bridgehead atoms. The smallest absolute Gasteiger partial charge is 0.293 e. The molecule has 1 N–H and O–H groups in total. The Balaban J connectivity index is 1.73. The molecule has 4 rings (SSSR count). The number of nitrogens with one attached hydrogen (secondary N) is 1. The van der Waals surface area contributed by atoms with Gasteiger partial charge >= 0.3 is 0 Å². The molecule has 1 aromatic carbocycles. The standard InChI is InChI=1S/C28H36N4O3S/c1-27(2)12-10-20(11-13-27)22-18-21(28(19-32(4)5)14-16-36(34,35)17-15-28)6-7-23(22)31-26(33)24-8-9-25(29-3)30-24/h6-7,9-10,18H,8,11-17,19H2,1-2,4-5H3,(H,31,33). The normalized spacial score (nSPS) is 22.3. The summed E-state index contributed by atoms with van der Waals surface area (Å²) in [5.41, 5.74) is 4.40. The Morgan fingerprint density at radius 3 is 2.47 bits per heavy atom. The quantitative estimate of drug-likeness (QED) is 0.558. The van der Waals surface area contributed by atoms with Crippen LogP contribution in [0.4, 0.5) is 5.69 Å². The maximum Gasteiger partial charge on any atom is 0.293 e. The SMILES string of the molecule is [C-]#[N+]C1=CCC(C(=O)Nc2ccc(C3(CN(C)C)CCS(=O)(=O)CC3)cc2C2=CCC(C)(C)CC2)=N1. The minimum absolute atomic E-state index is 0.196. The second-order valence-electron chi connectivity index (χ2n) is 11.4.